The molecule has 0 aliphatic rings. The molecular weight excluding hydrogens is 432 g/mol. The van der Waals surface area contributed by atoms with E-state index in [9.17, 15) is 5.11 Å². The lowest BCUT2D eigenvalue weighted by Gasteiger charge is -2.07. The number of phenolic OH excluding ortho intramolecular Hbond substituents is 1. The smallest absolute Gasteiger partial charge is 0.216 e. The second-order valence-corrected chi connectivity index (χ2v) is 6.66. The average Bonchev–Trinajstić information content (AvgIpc) is 3.04. The predicted molar refractivity (Wildman–Crippen MR) is 109 cm³/mol. The lowest BCUT2D eigenvalue weighted by Crippen LogP contribution is -1.96. The Morgan fingerprint density at radius 3 is 2.74 bits per heavy atom. The van der Waals surface area contributed by atoms with Gasteiger partial charge in [-0.1, -0.05) is 0 Å². The fourth-order valence-electron chi connectivity index (χ4n) is 2.40. The molecule has 7 nitrogen and oxygen atoms in total. The van der Waals surface area contributed by atoms with Gasteiger partial charge in [-0.05, 0) is 77.0 Å². The van der Waals surface area contributed by atoms with Gasteiger partial charge in [0.2, 0.25) is 4.77 Å². The topological polar surface area (TPSA) is 84.7 Å². The van der Waals surface area contributed by atoms with Crippen molar-refractivity contribution in [1.82, 2.24) is 14.9 Å². The van der Waals surface area contributed by atoms with Crippen molar-refractivity contribution >= 4 is 34.4 Å². The van der Waals surface area contributed by atoms with Crippen LogP contribution in [0.5, 0.6) is 17.2 Å². The van der Waals surface area contributed by atoms with Gasteiger partial charge in [0, 0.05) is 5.56 Å². The molecule has 0 unspecified atom stereocenters. The van der Waals surface area contributed by atoms with Crippen LogP contribution in [-0.4, -0.2) is 39.9 Å². The number of nitrogens with one attached hydrogen (secondary N) is 1. The Balaban J connectivity index is 1.95. The van der Waals surface area contributed by atoms with E-state index < -0.39 is 0 Å². The van der Waals surface area contributed by atoms with E-state index in [1.165, 1.54) is 11.8 Å². The van der Waals surface area contributed by atoms with Crippen molar-refractivity contribution in [3.63, 3.8) is 0 Å². The minimum Gasteiger partial charge on any atom is -0.503 e. The van der Waals surface area contributed by atoms with E-state index in [0.717, 1.165) is 16.9 Å². The van der Waals surface area contributed by atoms with Crippen LogP contribution in [0, 0.1) is 4.77 Å². The van der Waals surface area contributed by atoms with E-state index in [1.807, 2.05) is 31.2 Å². The number of halogens is 1. The van der Waals surface area contributed by atoms with Gasteiger partial charge >= 0.3 is 0 Å². The van der Waals surface area contributed by atoms with Crippen molar-refractivity contribution in [3.8, 4) is 28.6 Å². The fraction of sp³-hybridized carbons (Fsp3) is 0.167. The predicted octanol–water partition coefficient (Wildman–Crippen LogP) is 4.37. The second kappa shape index (κ2) is 8.36. The van der Waals surface area contributed by atoms with Crippen molar-refractivity contribution in [2.45, 2.75) is 6.92 Å². The maximum atomic E-state index is 9.91. The normalized spacial score (nSPS) is 11.1. The van der Waals surface area contributed by atoms with Crippen LogP contribution in [0.25, 0.3) is 11.4 Å². The summed E-state index contributed by atoms with van der Waals surface area (Å²) in [4.78, 5) is 0. The van der Waals surface area contributed by atoms with E-state index in [2.05, 4.69) is 31.2 Å². The number of aromatic nitrogens is 3. The molecule has 0 atom stereocenters. The van der Waals surface area contributed by atoms with Gasteiger partial charge in [-0.15, -0.1) is 0 Å². The molecule has 0 bridgehead atoms. The third-order valence-corrected chi connectivity index (χ3v) is 4.54. The summed E-state index contributed by atoms with van der Waals surface area (Å²) in [6, 6.07) is 10.9. The Labute approximate surface area is 169 Å². The Morgan fingerprint density at radius 2 is 2.07 bits per heavy atom. The van der Waals surface area contributed by atoms with Crippen LogP contribution in [0.3, 0.4) is 0 Å². The van der Waals surface area contributed by atoms with Crippen molar-refractivity contribution in [3.05, 3.63) is 51.2 Å². The van der Waals surface area contributed by atoms with Crippen LogP contribution in [0.2, 0.25) is 0 Å². The summed E-state index contributed by atoms with van der Waals surface area (Å²) >= 11 is 8.58. The zero-order valence-electron chi connectivity index (χ0n) is 14.6. The maximum absolute atomic E-state index is 9.91. The molecule has 2 aromatic carbocycles. The highest BCUT2D eigenvalue weighted by atomic mass is 79.9. The number of methoxy groups -OCH3 is 1. The number of rotatable bonds is 6. The van der Waals surface area contributed by atoms with Crippen LogP contribution in [0.15, 0.2) is 46.0 Å². The quantitative estimate of drug-likeness (QED) is 0.432. The summed E-state index contributed by atoms with van der Waals surface area (Å²) in [6.07, 6.45) is 1.61. The number of phenols is 1. The van der Waals surface area contributed by atoms with E-state index >= 15 is 0 Å². The van der Waals surface area contributed by atoms with Gasteiger partial charge in [0.1, 0.15) is 5.75 Å². The molecule has 0 radical (unpaired) electrons. The first-order valence-electron chi connectivity index (χ1n) is 8.05. The monoisotopic (exact) mass is 448 g/mol. The number of aromatic amines is 1. The first-order valence-corrected chi connectivity index (χ1v) is 9.25. The van der Waals surface area contributed by atoms with Crippen LogP contribution in [0.1, 0.15) is 12.5 Å². The van der Waals surface area contributed by atoms with Gasteiger partial charge in [-0.3, -0.25) is 0 Å². The summed E-state index contributed by atoms with van der Waals surface area (Å²) in [5.74, 6) is 1.73. The van der Waals surface area contributed by atoms with E-state index in [4.69, 9.17) is 21.7 Å². The van der Waals surface area contributed by atoms with Crippen LogP contribution < -0.4 is 9.47 Å². The zero-order valence-corrected chi connectivity index (χ0v) is 17.0. The number of benzene rings is 2. The van der Waals surface area contributed by atoms with Crippen LogP contribution >= 0.6 is 28.1 Å². The Hall–Kier alpha value is -2.65. The summed E-state index contributed by atoms with van der Waals surface area (Å²) in [7, 11) is 1.48. The van der Waals surface area contributed by atoms with Gasteiger partial charge in [-0.2, -0.15) is 14.9 Å². The molecule has 0 fully saturated rings. The van der Waals surface area contributed by atoms with Gasteiger partial charge in [0.25, 0.3) is 0 Å². The van der Waals surface area contributed by atoms with Gasteiger partial charge < -0.3 is 14.6 Å². The Kier molecular flexibility index (Phi) is 5.92. The molecule has 3 rings (SSSR count). The van der Waals surface area contributed by atoms with E-state index in [-0.39, 0.29) is 5.75 Å². The molecule has 2 N–H and O–H groups in total. The molecule has 0 saturated carbocycles. The van der Waals surface area contributed by atoms with Gasteiger partial charge in [0.05, 0.1) is 24.4 Å². The molecule has 0 aliphatic carbocycles. The molecule has 27 heavy (non-hydrogen) atoms. The fourth-order valence-corrected chi connectivity index (χ4v) is 3.04. The Morgan fingerprint density at radius 1 is 1.33 bits per heavy atom. The summed E-state index contributed by atoms with van der Waals surface area (Å²) in [6.45, 7) is 2.54. The molecule has 9 heteroatoms. The number of hydrogen-bond acceptors (Lipinski definition) is 6. The number of H-pyrrole nitrogens is 1. The lowest BCUT2D eigenvalue weighted by molar-refractivity contribution is 0.340. The highest BCUT2D eigenvalue weighted by molar-refractivity contribution is 9.10. The van der Waals surface area contributed by atoms with Gasteiger partial charge in [-0.25, -0.2) is 5.10 Å². The summed E-state index contributed by atoms with van der Waals surface area (Å²) in [5, 5.41) is 21.3. The van der Waals surface area contributed by atoms with E-state index in [0.29, 0.717) is 27.4 Å². The first-order chi connectivity index (χ1) is 13.0. The average molecular weight is 449 g/mol. The molecule has 1 aromatic heterocycles. The lowest BCUT2D eigenvalue weighted by atomic mass is 10.2. The molecule has 1 heterocycles. The third-order valence-electron chi connectivity index (χ3n) is 3.67. The highest BCUT2D eigenvalue weighted by Crippen LogP contribution is 2.34. The first kappa shape index (κ1) is 19.1. The highest BCUT2D eigenvalue weighted by Gasteiger charge is 2.10. The standard InChI is InChI=1S/C18H17BrN4O3S/c1-3-26-13-6-4-12(5-7-13)17-21-22-18(27)23(17)20-10-11-8-14(19)16(24)15(9-11)25-2/h4-10,24H,3H2,1-2H3,(H,22,27)/b20-10-. The number of ether oxygens (including phenoxy) is 2. The maximum Gasteiger partial charge on any atom is 0.216 e. The summed E-state index contributed by atoms with van der Waals surface area (Å²) in [5.41, 5.74) is 1.56. The number of hydrogen-bond donors (Lipinski definition) is 2. The van der Waals surface area contributed by atoms with Gasteiger partial charge in [0.15, 0.2) is 17.3 Å². The molecule has 0 aliphatic heterocycles. The molecular formula is C18H17BrN4O3S. The molecule has 140 valence electrons. The van der Waals surface area contributed by atoms with Crippen LogP contribution in [0.4, 0.5) is 0 Å². The molecule has 0 spiro atoms. The summed E-state index contributed by atoms with van der Waals surface area (Å²) < 4.78 is 13.0. The van der Waals surface area contributed by atoms with Crippen molar-refractivity contribution in [1.29, 1.82) is 0 Å². The van der Waals surface area contributed by atoms with Crippen molar-refractivity contribution in [2.24, 2.45) is 5.10 Å². The van der Waals surface area contributed by atoms with E-state index in [1.54, 1.807) is 18.3 Å². The molecule has 0 saturated heterocycles. The minimum absolute atomic E-state index is 0.0321. The number of nitrogens with zero attached hydrogens (tertiary/aromatic N) is 3. The SMILES string of the molecule is CCOc1ccc(-c2n[nH]c(=S)n2/N=C\c2cc(Br)c(O)c(OC)c2)cc1. The van der Waals surface area contributed by atoms with Crippen molar-refractivity contribution < 1.29 is 14.6 Å². The van der Waals surface area contributed by atoms with Crippen LogP contribution in [-0.2, 0) is 0 Å². The Bertz CT molecular complexity index is 1030. The third kappa shape index (κ3) is 4.20. The number of aromatic hydroxyl groups is 1. The molecule has 3 aromatic rings. The molecule has 0 amide bonds. The minimum atomic E-state index is 0.0321. The largest absolute Gasteiger partial charge is 0.503 e. The van der Waals surface area contributed by atoms with Crippen molar-refractivity contribution in [2.75, 3.05) is 13.7 Å². The zero-order chi connectivity index (χ0) is 19.4. The second-order valence-electron chi connectivity index (χ2n) is 5.42.